The van der Waals surface area contributed by atoms with Gasteiger partial charge in [0.1, 0.15) is 11.5 Å². The van der Waals surface area contributed by atoms with E-state index in [2.05, 4.69) is 262 Å². The molecular weight excluding hydrogens is 1830 g/mol. The van der Waals surface area contributed by atoms with Gasteiger partial charge in [0.15, 0.2) is 23.0 Å². The lowest BCUT2D eigenvalue weighted by molar-refractivity contribution is 0.234. The van der Waals surface area contributed by atoms with Crippen LogP contribution in [0.15, 0.2) is 133 Å². The molecule has 0 unspecified atom stereocenters. The summed E-state index contributed by atoms with van der Waals surface area (Å²) in [5, 5.41) is 0. The molecule has 0 spiro atoms. The van der Waals surface area contributed by atoms with Gasteiger partial charge < -0.3 is 37.9 Å². The first-order chi connectivity index (χ1) is 74.3. The molecule has 0 bridgehead atoms. The smallest absolute Gasteiger partial charge is 0.203 e. The highest BCUT2D eigenvalue weighted by Crippen LogP contribution is 2.43. The van der Waals surface area contributed by atoms with Crippen molar-refractivity contribution in [1.82, 2.24) is 0 Å². The molecule has 0 heterocycles. The Balaban J connectivity index is 1.04. The minimum Gasteiger partial charge on any atom is -0.493 e. The van der Waals surface area contributed by atoms with E-state index < -0.39 is 0 Å². The molecule has 0 radical (unpaired) electrons. The van der Waals surface area contributed by atoms with Crippen LogP contribution >= 0.6 is 0 Å². The molecule has 0 aliphatic rings. The molecule has 0 fully saturated rings. The summed E-state index contributed by atoms with van der Waals surface area (Å²) in [5.41, 5.74) is 13.3. The van der Waals surface area contributed by atoms with Crippen molar-refractivity contribution in [2.24, 2.45) is 0 Å². The van der Waals surface area contributed by atoms with Gasteiger partial charge in [-0.05, 0) is 143 Å². The van der Waals surface area contributed by atoms with Gasteiger partial charge in [-0.25, -0.2) is 0 Å². The van der Waals surface area contributed by atoms with E-state index in [-0.39, 0.29) is 0 Å². The molecule has 0 amide bonds. The third-order valence-electron chi connectivity index (χ3n) is 29.8. The quantitative estimate of drug-likeness (QED) is 0.0276. The van der Waals surface area contributed by atoms with Crippen molar-refractivity contribution in [3.8, 4) is 46.0 Å². The number of unbranched alkanes of at least 4 members (excludes halogenated alkanes) is 64. The molecule has 0 aromatic heterocycles. The van der Waals surface area contributed by atoms with Gasteiger partial charge in [0.25, 0.3) is 0 Å². The van der Waals surface area contributed by atoms with Crippen LogP contribution < -0.4 is 37.9 Å². The van der Waals surface area contributed by atoms with Crippen LogP contribution in [0, 0.1) is 0 Å². The van der Waals surface area contributed by atoms with E-state index in [1.54, 1.807) is 0 Å². The summed E-state index contributed by atoms with van der Waals surface area (Å²) < 4.78 is 54.4. The summed E-state index contributed by atoms with van der Waals surface area (Å²) in [5.74, 6) is 6.54. The first-order valence-corrected chi connectivity index (χ1v) is 63.3. The summed E-state index contributed by atoms with van der Waals surface area (Å²) >= 11 is 0. The molecule has 7 aromatic rings. The molecule has 7 aromatic carbocycles. The Hall–Kier alpha value is -8.62. The lowest BCUT2D eigenvalue weighted by Gasteiger charge is -2.18. The van der Waals surface area contributed by atoms with E-state index in [1.807, 2.05) is 0 Å². The molecule has 0 saturated carbocycles. The third-order valence-corrected chi connectivity index (χ3v) is 29.8. The van der Waals surface area contributed by atoms with Gasteiger partial charge in [0.2, 0.25) is 11.5 Å². The van der Waals surface area contributed by atoms with Gasteiger partial charge in [-0.3, -0.25) is 0 Å². The fourth-order valence-electron chi connectivity index (χ4n) is 20.0. The number of ether oxygens (including phenoxy) is 8. The van der Waals surface area contributed by atoms with Crippen molar-refractivity contribution in [2.45, 2.75) is 518 Å². The maximum atomic E-state index is 6.84. The van der Waals surface area contributed by atoms with Crippen LogP contribution in [0.1, 0.15) is 584 Å². The molecule has 0 aliphatic heterocycles. The van der Waals surface area contributed by atoms with Crippen LogP contribution in [0.2, 0.25) is 0 Å². The predicted molar refractivity (Wildman–Crippen MR) is 660 cm³/mol. The van der Waals surface area contributed by atoms with E-state index in [0.717, 1.165) is 177 Å². The van der Waals surface area contributed by atoms with Crippen LogP contribution in [0.4, 0.5) is 0 Å². The maximum Gasteiger partial charge on any atom is 0.203 e. The van der Waals surface area contributed by atoms with Crippen molar-refractivity contribution in [3.63, 3.8) is 0 Å². The first kappa shape index (κ1) is 128. The number of hydrogen-bond donors (Lipinski definition) is 0. The fourth-order valence-corrected chi connectivity index (χ4v) is 20.0. The Morgan fingerprint density at radius 1 is 0.120 bits per heavy atom. The summed E-state index contributed by atoms with van der Waals surface area (Å²) in [6.45, 7) is 23.8. The highest BCUT2D eigenvalue weighted by molar-refractivity contribution is 5.81. The average Bonchev–Trinajstić information content (AvgIpc) is 0.827. The summed E-state index contributed by atoms with van der Waals surface area (Å²) in [6.07, 6.45) is 119. The van der Waals surface area contributed by atoms with Crippen LogP contribution in [-0.4, -0.2) is 52.9 Å². The van der Waals surface area contributed by atoms with Crippen molar-refractivity contribution < 1.29 is 37.9 Å². The van der Waals surface area contributed by atoms with Crippen LogP contribution in [0.5, 0.6) is 46.0 Å². The molecule has 0 atom stereocenters. The monoisotopic (exact) mass is 2050 g/mol. The Labute approximate surface area is 921 Å². The highest BCUT2D eigenvalue weighted by Gasteiger charge is 2.20. The molecule has 8 heteroatoms. The van der Waals surface area contributed by atoms with Gasteiger partial charge in [-0.2, -0.15) is 0 Å². The van der Waals surface area contributed by atoms with Crippen molar-refractivity contribution in [3.05, 3.63) is 200 Å². The molecule has 150 heavy (non-hydrogen) atoms. The van der Waals surface area contributed by atoms with E-state index >= 15 is 0 Å². The Morgan fingerprint density at radius 2 is 0.240 bits per heavy atom. The molecule has 8 nitrogen and oxygen atoms in total. The number of benzene rings is 7. The normalized spacial score (nSPS) is 11.8. The average molecular weight is 2050 g/mol. The van der Waals surface area contributed by atoms with E-state index in [9.17, 15) is 0 Å². The summed E-state index contributed by atoms with van der Waals surface area (Å²) in [4.78, 5) is 0. The number of rotatable bonds is 100. The largest absolute Gasteiger partial charge is 0.493 e. The van der Waals surface area contributed by atoms with Gasteiger partial charge in [0, 0.05) is 11.1 Å². The lowest BCUT2D eigenvalue weighted by atomic mass is 10.0. The zero-order valence-corrected chi connectivity index (χ0v) is 97.5. The van der Waals surface area contributed by atoms with Crippen molar-refractivity contribution >= 4 is 72.9 Å². The van der Waals surface area contributed by atoms with E-state index in [0.29, 0.717) is 52.9 Å². The van der Waals surface area contributed by atoms with Gasteiger partial charge >= 0.3 is 0 Å². The molecule has 7 rings (SSSR count). The predicted octanol–water partition coefficient (Wildman–Crippen LogP) is 46.0. The van der Waals surface area contributed by atoms with Gasteiger partial charge in [-0.1, -0.05) is 636 Å². The summed E-state index contributed by atoms with van der Waals surface area (Å²) in [7, 11) is 0. The zero-order valence-electron chi connectivity index (χ0n) is 97.5. The second kappa shape index (κ2) is 90.7. The Bertz CT molecular complexity index is 4160. The molecular formula is C142H218O8. The Morgan fingerprint density at radius 3 is 0.393 bits per heavy atom. The lowest BCUT2D eigenvalue weighted by Crippen LogP contribution is -2.07. The van der Waals surface area contributed by atoms with Crippen LogP contribution in [0.25, 0.3) is 72.9 Å². The molecule has 834 valence electrons. The second-order valence-corrected chi connectivity index (χ2v) is 43.7. The van der Waals surface area contributed by atoms with Gasteiger partial charge in [0.05, 0.1) is 52.9 Å². The van der Waals surface area contributed by atoms with Crippen LogP contribution in [-0.2, 0) is 0 Å². The van der Waals surface area contributed by atoms with E-state index in [1.165, 1.54) is 398 Å². The third kappa shape index (κ3) is 63.3. The van der Waals surface area contributed by atoms with E-state index in [4.69, 9.17) is 37.9 Å². The second-order valence-electron chi connectivity index (χ2n) is 43.7. The van der Waals surface area contributed by atoms with Gasteiger partial charge in [-0.15, -0.1) is 0 Å². The van der Waals surface area contributed by atoms with Crippen molar-refractivity contribution in [1.29, 1.82) is 0 Å². The maximum absolute atomic E-state index is 6.84. The number of hydrogen-bond acceptors (Lipinski definition) is 8. The summed E-state index contributed by atoms with van der Waals surface area (Å²) in [6, 6.07) is 48.7. The fraction of sp³-hybridized carbons (Fsp3) is 0.620. The minimum atomic E-state index is 0.666. The standard InChI is InChI=1S/C142H218O8/c1-9-17-25-33-41-47-53-59-67-75-111-145-137-117-131(118-138(146-112-76-68-60-54-48-42-34-26-18-10-2)141(137)149-115-79-71-63-57-51-45-37-29-21-13-5)103-101-127-89-85-123(86-90-127)81-83-125-93-97-129(98-94-125)105-107-133-121-136(144-110-74-66-40-32-24-16-8)134(122-135(133)143-109-73-65-39-31-23-15-7)108-106-130-99-95-126(96-100-130)84-82-124-87-91-128(92-88-124)102-104-132-119-139(147-113-77-69-61-55-49-43-35-27-19-11-3)142(150-116-80-72-64-58-52-46-38-30-22-14-6)140(120-132)148-114-78-70-62-56-50-44-36-28-20-12-4/h81-108,117-122H,9-80,109-116H2,1-8H3/b83-81+,84-82+,103-101+,104-102+,107-105+,108-106+. The molecule has 0 saturated heterocycles. The first-order valence-electron chi connectivity index (χ1n) is 63.3. The van der Waals surface area contributed by atoms with Crippen LogP contribution in [0.3, 0.4) is 0 Å². The zero-order chi connectivity index (χ0) is 106. The van der Waals surface area contributed by atoms with Crippen molar-refractivity contribution in [2.75, 3.05) is 52.9 Å². The molecule has 0 N–H and O–H groups in total. The molecule has 0 aliphatic carbocycles. The highest BCUT2D eigenvalue weighted by atomic mass is 16.5. The SMILES string of the molecule is CCCCCCCCCCCCOc1cc(/C=C/c2ccc(/C=C/c3ccc(/C=C/c4cc(OCCCCCCCC)c(/C=C/c5ccc(/C=C/c6ccc(/C=C/c7cc(OCCCCCCCCCCCC)c(OCCCCCCCCCCCC)c(OCCCCCCCCCCCC)c7)cc6)cc5)cc4OCCCCCCCC)cc3)cc2)cc(OCCCCCCCCCCCC)c1OCCCCCCCCCCCC. The Kier molecular flexibility index (Phi) is 77.6. The topological polar surface area (TPSA) is 73.8 Å². The minimum absolute atomic E-state index is 0.666.